The Morgan fingerprint density at radius 1 is 0.964 bits per heavy atom. The van der Waals surface area contributed by atoms with Crippen molar-refractivity contribution in [1.29, 1.82) is 0 Å². The maximum absolute atomic E-state index is 5.97. The molecule has 4 rings (SSSR count). The highest BCUT2D eigenvalue weighted by molar-refractivity contribution is 6.69. The molecule has 2 nitrogen and oxygen atoms in total. The van der Waals surface area contributed by atoms with Gasteiger partial charge in [-0.25, -0.2) is 0 Å². The van der Waals surface area contributed by atoms with Crippen molar-refractivity contribution in [2.75, 3.05) is 13.2 Å². The van der Waals surface area contributed by atoms with Crippen molar-refractivity contribution >= 4 is 26.0 Å². The summed E-state index contributed by atoms with van der Waals surface area (Å²) in [5, 5.41) is 5.24. The first-order valence-corrected chi connectivity index (χ1v) is 13.5. The molecule has 2 aromatic carbocycles. The second-order valence-corrected chi connectivity index (χ2v) is 12.8. The van der Waals surface area contributed by atoms with E-state index in [1.807, 2.05) is 0 Å². The number of benzene rings is 2. The quantitative estimate of drug-likeness (QED) is 0.459. The zero-order valence-electron chi connectivity index (χ0n) is 17.2. The molecular weight excluding hydrogens is 360 g/mol. The summed E-state index contributed by atoms with van der Waals surface area (Å²) in [5.74, 6) is 0.962. The van der Waals surface area contributed by atoms with Crippen molar-refractivity contribution in [3.63, 3.8) is 0 Å². The van der Waals surface area contributed by atoms with Crippen LogP contribution < -0.4 is 10.4 Å². The van der Waals surface area contributed by atoms with Gasteiger partial charge in [0.2, 0.25) is 0 Å². The van der Waals surface area contributed by atoms with E-state index < -0.39 is 8.32 Å². The van der Waals surface area contributed by atoms with Crippen LogP contribution >= 0.6 is 0 Å². The maximum atomic E-state index is 5.97. The molecule has 2 aliphatic rings. The number of rotatable bonds is 6. The molecule has 144 valence electrons. The van der Waals surface area contributed by atoms with Crippen molar-refractivity contribution in [2.24, 2.45) is 0 Å². The zero-order chi connectivity index (χ0) is 19.7. The van der Waals surface area contributed by atoms with Crippen molar-refractivity contribution < 1.29 is 9.16 Å². The van der Waals surface area contributed by atoms with Gasteiger partial charge in [0.25, 0.3) is 0 Å². The third-order valence-corrected chi connectivity index (χ3v) is 6.26. The van der Waals surface area contributed by atoms with Crippen LogP contribution in [0.1, 0.15) is 24.5 Å². The molecule has 0 heterocycles. The largest absolute Gasteiger partial charge is 0.492 e. The molecule has 0 aliphatic heterocycles. The molecule has 28 heavy (non-hydrogen) atoms. The van der Waals surface area contributed by atoms with E-state index in [0.29, 0.717) is 13.2 Å². The highest BCUT2D eigenvalue weighted by Crippen LogP contribution is 2.29. The lowest BCUT2D eigenvalue weighted by molar-refractivity contribution is 0.161. The normalized spacial score (nSPS) is 15.6. The number of allylic oxidation sites excluding steroid dienone is 3. The van der Waals surface area contributed by atoms with Crippen LogP contribution in [-0.4, -0.2) is 21.5 Å². The molecule has 0 N–H and O–H groups in total. The first kappa shape index (κ1) is 19.0. The van der Waals surface area contributed by atoms with Gasteiger partial charge in [-0.15, -0.1) is 0 Å². The average Bonchev–Trinajstić information content (AvgIpc) is 3.28. The molecule has 0 radical (unpaired) electrons. The molecule has 0 fully saturated rings. The second kappa shape index (κ2) is 7.57. The molecule has 0 saturated heterocycles. The zero-order valence-corrected chi connectivity index (χ0v) is 18.2. The summed E-state index contributed by atoms with van der Waals surface area (Å²) < 4.78 is 11.9. The minimum Gasteiger partial charge on any atom is -0.492 e. The van der Waals surface area contributed by atoms with E-state index in [9.17, 15) is 0 Å². The second-order valence-electron chi connectivity index (χ2n) is 8.30. The van der Waals surface area contributed by atoms with Crippen molar-refractivity contribution in [3.05, 3.63) is 86.3 Å². The maximum Gasteiger partial charge on any atom is 0.183 e. The van der Waals surface area contributed by atoms with Crippen LogP contribution in [0.2, 0.25) is 19.6 Å². The standard InChI is InChI=1S/C25H28O2Si/c1-5-18-11-13-23-22-9-7-6-8-19(22)17-24(23)25(18)20-10-12-21(16-20)26-14-15-27-28(2,3)4/h5-9,11-13,16-17H,10,14-15H2,1-4H3. The lowest BCUT2D eigenvalue weighted by Gasteiger charge is -2.17. The van der Waals surface area contributed by atoms with E-state index in [2.05, 4.69) is 87.3 Å². The number of hydrogen-bond acceptors (Lipinski definition) is 2. The van der Waals surface area contributed by atoms with Gasteiger partial charge in [0.1, 0.15) is 12.4 Å². The molecule has 0 amide bonds. The summed E-state index contributed by atoms with van der Waals surface area (Å²) in [6.07, 6.45) is 9.83. The van der Waals surface area contributed by atoms with Gasteiger partial charge in [-0.3, -0.25) is 0 Å². The highest BCUT2D eigenvalue weighted by atomic mass is 28.4. The molecule has 0 spiro atoms. The van der Waals surface area contributed by atoms with Crippen LogP contribution in [0.15, 0.2) is 54.3 Å². The summed E-state index contributed by atoms with van der Waals surface area (Å²) >= 11 is 0. The van der Waals surface area contributed by atoms with Crippen LogP contribution in [0.25, 0.3) is 17.7 Å². The first-order valence-electron chi connectivity index (χ1n) is 10.0. The Labute approximate surface area is 168 Å². The average molecular weight is 389 g/mol. The van der Waals surface area contributed by atoms with Gasteiger partial charge in [0, 0.05) is 0 Å². The van der Waals surface area contributed by atoms with Gasteiger partial charge in [0.05, 0.1) is 6.61 Å². The Morgan fingerprint density at radius 3 is 2.57 bits per heavy atom. The van der Waals surface area contributed by atoms with Gasteiger partial charge in [-0.2, -0.15) is 0 Å². The molecule has 0 bridgehead atoms. The fourth-order valence-electron chi connectivity index (χ4n) is 3.93. The summed E-state index contributed by atoms with van der Waals surface area (Å²) in [6.45, 7) is 9.99. The van der Waals surface area contributed by atoms with E-state index >= 15 is 0 Å². The fourth-order valence-corrected chi connectivity index (χ4v) is 4.62. The van der Waals surface area contributed by atoms with Crippen molar-refractivity contribution in [1.82, 2.24) is 0 Å². The topological polar surface area (TPSA) is 18.5 Å². The summed E-state index contributed by atoms with van der Waals surface area (Å²) in [5.41, 5.74) is 4.00. The summed E-state index contributed by atoms with van der Waals surface area (Å²) in [4.78, 5) is 0. The molecule has 0 saturated carbocycles. The Kier molecular flexibility index (Phi) is 5.13. The van der Waals surface area contributed by atoms with E-state index in [-0.39, 0.29) is 0 Å². The van der Waals surface area contributed by atoms with Crippen LogP contribution in [0.4, 0.5) is 0 Å². The molecular formula is C25H28O2Si. The molecule has 3 heteroatoms. The van der Waals surface area contributed by atoms with E-state index in [0.717, 1.165) is 12.2 Å². The number of hydrogen-bond donors (Lipinski definition) is 0. The highest BCUT2D eigenvalue weighted by Gasteiger charge is 2.17. The Bertz CT molecular complexity index is 1180. The first-order chi connectivity index (χ1) is 13.5. The molecule has 2 aromatic rings. The van der Waals surface area contributed by atoms with E-state index in [1.54, 1.807) is 0 Å². The van der Waals surface area contributed by atoms with Gasteiger partial charge in [-0.05, 0) is 88.8 Å². The molecule has 2 aliphatic carbocycles. The number of ether oxygens (including phenoxy) is 1. The lowest BCUT2D eigenvalue weighted by Crippen LogP contribution is -2.27. The predicted molar refractivity (Wildman–Crippen MR) is 119 cm³/mol. The van der Waals surface area contributed by atoms with Crippen LogP contribution in [0, 0.1) is 10.4 Å². The Morgan fingerprint density at radius 2 is 1.79 bits per heavy atom. The van der Waals surface area contributed by atoms with Crippen LogP contribution in [0.5, 0.6) is 0 Å². The lowest BCUT2D eigenvalue weighted by atomic mass is 9.95. The fraction of sp³-hybridized carbons (Fsp3) is 0.280. The third-order valence-electron chi connectivity index (χ3n) is 5.19. The minimum absolute atomic E-state index is 0.608. The third kappa shape index (κ3) is 3.78. The molecule has 0 atom stereocenters. The SMILES string of the molecule is CC=c1ccc2c(c1C1=CC(OCCO[Si](C)(C)C)=CC1)C=c1ccccc1=2. The monoisotopic (exact) mass is 388 g/mol. The smallest absolute Gasteiger partial charge is 0.183 e. The summed E-state index contributed by atoms with van der Waals surface area (Å²) in [7, 11) is -1.48. The Hall–Kier alpha value is -2.36. The number of fused-ring (bicyclic) bond motifs is 2. The van der Waals surface area contributed by atoms with Crippen LogP contribution in [-0.2, 0) is 9.16 Å². The van der Waals surface area contributed by atoms with Crippen LogP contribution in [0.3, 0.4) is 0 Å². The molecule has 0 aromatic heterocycles. The van der Waals surface area contributed by atoms with E-state index in [1.165, 1.54) is 37.6 Å². The minimum atomic E-state index is -1.48. The molecule has 0 unspecified atom stereocenters. The Balaban J connectivity index is 1.64. The summed E-state index contributed by atoms with van der Waals surface area (Å²) in [6, 6.07) is 13.1. The van der Waals surface area contributed by atoms with Gasteiger partial charge in [-0.1, -0.05) is 42.5 Å². The van der Waals surface area contributed by atoms with E-state index in [4.69, 9.17) is 9.16 Å². The van der Waals surface area contributed by atoms with Crippen molar-refractivity contribution in [2.45, 2.75) is 33.0 Å². The van der Waals surface area contributed by atoms with Gasteiger partial charge >= 0.3 is 0 Å². The predicted octanol–water partition coefficient (Wildman–Crippen LogP) is 4.46. The van der Waals surface area contributed by atoms with Crippen molar-refractivity contribution in [3.8, 4) is 0 Å². The van der Waals surface area contributed by atoms with Gasteiger partial charge in [0.15, 0.2) is 8.32 Å². The van der Waals surface area contributed by atoms with Gasteiger partial charge < -0.3 is 9.16 Å².